The van der Waals surface area contributed by atoms with Crippen LogP contribution in [-0.2, 0) is 0 Å². The van der Waals surface area contributed by atoms with Gasteiger partial charge in [-0.1, -0.05) is 23.2 Å². The highest BCUT2D eigenvalue weighted by molar-refractivity contribution is 6.43. The van der Waals surface area contributed by atoms with Crippen molar-refractivity contribution in [3.63, 3.8) is 0 Å². The first-order valence-electron chi connectivity index (χ1n) is 4.26. The maximum Gasteiger partial charge on any atom is 0.203 e. The number of halogens is 2. The molecule has 2 rings (SSSR count). The molecule has 1 aromatic heterocycles. The van der Waals surface area contributed by atoms with Crippen LogP contribution >= 0.6 is 23.2 Å². The number of aromatic nitrogens is 2. The number of nitrogens with zero attached hydrogens (tertiary/aromatic N) is 3. The second-order valence-corrected chi connectivity index (χ2v) is 4.33. The van der Waals surface area contributed by atoms with Gasteiger partial charge >= 0.3 is 0 Å². The lowest BCUT2D eigenvalue weighted by atomic mass is 10.2. The average molecular weight is 243 g/mol. The van der Waals surface area contributed by atoms with Gasteiger partial charge in [0.15, 0.2) is 0 Å². The molecule has 15 heavy (non-hydrogen) atoms. The fourth-order valence-electron chi connectivity index (χ4n) is 1.20. The first-order valence-corrected chi connectivity index (χ1v) is 5.01. The van der Waals surface area contributed by atoms with E-state index in [2.05, 4.69) is 20.3 Å². The van der Waals surface area contributed by atoms with E-state index in [0.717, 1.165) is 5.56 Å². The van der Waals surface area contributed by atoms with Crippen LogP contribution in [0.2, 0.25) is 0 Å². The lowest BCUT2D eigenvalue weighted by Gasteiger charge is -2.26. The summed E-state index contributed by atoms with van der Waals surface area (Å²) in [4.78, 5) is 11.8. The van der Waals surface area contributed by atoms with Gasteiger partial charge in [0, 0.05) is 24.2 Å². The lowest BCUT2D eigenvalue weighted by Crippen LogP contribution is -2.36. The zero-order valence-electron chi connectivity index (χ0n) is 7.91. The summed E-state index contributed by atoms with van der Waals surface area (Å²) in [6, 6.07) is 0. The fraction of sp³-hybridized carbons (Fsp3) is 0.222. The van der Waals surface area contributed by atoms with E-state index < -0.39 is 5.12 Å². The van der Waals surface area contributed by atoms with Gasteiger partial charge in [0.25, 0.3) is 0 Å². The maximum absolute atomic E-state index is 6.04. The molecule has 0 saturated carbocycles. The highest BCUT2D eigenvalue weighted by Gasteiger charge is 2.25. The molecule has 6 heteroatoms. The van der Waals surface area contributed by atoms with Crippen molar-refractivity contribution in [1.82, 2.24) is 15.3 Å². The van der Waals surface area contributed by atoms with Gasteiger partial charge in [-0.15, -0.1) is 0 Å². The normalized spacial score (nSPS) is 25.3. The molecular formula is C9H8Cl2N4. The van der Waals surface area contributed by atoms with Crippen LogP contribution in [0.25, 0.3) is 5.70 Å². The third kappa shape index (κ3) is 2.27. The molecule has 0 aromatic carbocycles. The predicted octanol–water partition coefficient (Wildman–Crippen LogP) is 1.97. The van der Waals surface area contributed by atoms with Gasteiger partial charge < -0.3 is 5.32 Å². The van der Waals surface area contributed by atoms with E-state index in [-0.39, 0.29) is 0 Å². The summed E-state index contributed by atoms with van der Waals surface area (Å²) in [5.74, 6) is 0. The van der Waals surface area contributed by atoms with E-state index in [9.17, 15) is 0 Å². The van der Waals surface area contributed by atoms with Crippen molar-refractivity contribution < 1.29 is 0 Å². The molecule has 1 aliphatic rings. The second kappa shape index (κ2) is 3.79. The smallest absolute Gasteiger partial charge is 0.203 e. The van der Waals surface area contributed by atoms with Crippen LogP contribution in [0.5, 0.6) is 0 Å². The van der Waals surface area contributed by atoms with Crippen LogP contribution in [0.15, 0.2) is 28.7 Å². The molecule has 1 N–H and O–H groups in total. The Morgan fingerprint density at radius 3 is 2.67 bits per heavy atom. The molecule has 0 amide bonds. The predicted molar refractivity (Wildman–Crippen MR) is 60.7 cm³/mol. The molecule has 1 aromatic rings. The molecule has 1 atom stereocenters. The summed E-state index contributed by atoms with van der Waals surface area (Å²) in [6.07, 6.45) is 6.29. The highest BCUT2D eigenvalue weighted by Crippen LogP contribution is 2.26. The summed E-state index contributed by atoms with van der Waals surface area (Å²) in [5, 5.41) is 2.61. The summed E-state index contributed by atoms with van der Waals surface area (Å²) in [7, 11) is 0. The van der Waals surface area contributed by atoms with Gasteiger partial charge in [-0.25, -0.2) is 15.0 Å². The largest absolute Gasteiger partial charge is 0.347 e. The van der Waals surface area contributed by atoms with Gasteiger partial charge in [-0.05, 0) is 6.92 Å². The number of hydrogen-bond acceptors (Lipinski definition) is 4. The van der Waals surface area contributed by atoms with Crippen LogP contribution in [0.4, 0.5) is 0 Å². The van der Waals surface area contributed by atoms with Crippen LogP contribution in [0, 0.1) is 0 Å². The molecule has 78 valence electrons. The number of alkyl halides is 1. The van der Waals surface area contributed by atoms with E-state index >= 15 is 0 Å². The van der Waals surface area contributed by atoms with E-state index in [1.165, 1.54) is 12.5 Å². The zero-order valence-corrected chi connectivity index (χ0v) is 9.42. The summed E-state index contributed by atoms with van der Waals surface area (Å²) in [5.41, 5.74) is 1.46. The van der Waals surface area contributed by atoms with Gasteiger partial charge in [0.1, 0.15) is 6.33 Å². The summed E-state index contributed by atoms with van der Waals surface area (Å²) < 4.78 is 0. The van der Waals surface area contributed by atoms with E-state index in [0.29, 0.717) is 10.7 Å². The van der Waals surface area contributed by atoms with Gasteiger partial charge in [-0.3, -0.25) is 0 Å². The minimum absolute atomic E-state index is 0.489. The zero-order chi connectivity index (χ0) is 10.9. The van der Waals surface area contributed by atoms with Crippen molar-refractivity contribution in [1.29, 1.82) is 0 Å². The molecule has 0 radical (unpaired) electrons. The number of rotatable bonds is 1. The molecule has 4 nitrogen and oxygen atoms in total. The third-order valence-corrected chi connectivity index (χ3v) is 2.34. The first-order chi connectivity index (χ1) is 7.08. The molecular weight excluding hydrogens is 235 g/mol. The van der Waals surface area contributed by atoms with E-state index in [4.69, 9.17) is 23.2 Å². The quantitative estimate of drug-likeness (QED) is 0.606. The minimum atomic E-state index is -0.871. The molecule has 1 unspecified atom stereocenters. The Hall–Kier alpha value is -1.13. The molecule has 2 heterocycles. The van der Waals surface area contributed by atoms with Crippen LogP contribution in [0.3, 0.4) is 0 Å². The van der Waals surface area contributed by atoms with Crippen molar-refractivity contribution >= 4 is 35.1 Å². The van der Waals surface area contributed by atoms with Crippen molar-refractivity contribution in [3.05, 3.63) is 29.3 Å². The molecule has 0 bridgehead atoms. The van der Waals surface area contributed by atoms with E-state index in [1.807, 2.05) is 0 Å². The molecule has 0 aliphatic carbocycles. The Bertz CT molecular complexity index is 425. The number of allylic oxidation sites excluding steroid dienone is 1. The van der Waals surface area contributed by atoms with Gasteiger partial charge in [0.2, 0.25) is 5.12 Å². The molecule has 1 aliphatic heterocycles. The van der Waals surface area contributed by atoms with Crippen LogP contribution in [0.1, 0.15) is 12.5 Å². The summed E-state index contributed by atoms with van der Waals surface area (Å²) >= 11 is 12.0. The van der Waals surface area contributed by atoms with Crippen molar-refractivity contribution in [2.45, 2.75) is 12.0 Å². The number of aliphatic imine (C=N–C) groups is 1. The van der Waals surface area contributed by atoms with Crippen molar-refractivity contribution in [3.8, 4) is 0 Å². The monoisotopic (exact) mass is 242 g/mol. The highest BCUT2D eigenvalue weighted by atomic mass is 35.5. The van der Waals surface area contributed by atoms with Crippen molar-refractivity contribution in [2.75, 3.05) is 0 Å². The van der Waals surface area contributed by atoms with Crippen LogP contribution < -0.4 is 5.32 Å². The Balaban J connectivity index is 2.41. The number of nitrogens with one attached hydrogen (secondary N) is 1. The standard InChI is InChI=1S/C9H8Cl2N4/c1-9(11)14-4-7(10)8(15-9)6-2-12-5-13-3-6/h2-5,15H,1H3. The topological polar surface area (TPSA) is 50.2 Å². The average Bonchev–Trinajstić information content (AvgIpc) is 2.23. The van der Waals surface area contributed by atoms with Gasteiger partial charge in [-0.2, -0.15) is 0 Å². The Morgan fingerprint density at radius 1 is 1.33 bits per heavy atom. The van der Waals surface area contributed by atoms with Crippen molar-refractivity contribution in [2.24, 2.45) is 4.99 Å². The van der Waals surface area contributed by atoms with E-state index in [1.54, 1.807) is 19.3 Å². The first kappa shape index (κ1) is 10.4. The SMILES string of the molecule is CC1(Cl)N=CC(Cl)=C(c2cncnc2)N1. The second-order valence-electron chi connectivity index (χ2n) is 3.19. The van der Waals surface area contributed by atoms with Crippen LogP contribution in [-0.4, -0.2) is 21.3 Å². The molecule has 0 saturated heterocycles. The molecule has 0 spiro atoms. The lowest BCUT2D eigenvalue weighted by molar-refractivity contribution is 0.606. The van der Waals surface area contributed by atoms with Gasteiger partial charge in [0.05, 0.1) is 10.7 Å². The Labute approximate surface area is 97.1 Å². The Kier molecular flexibility index (Phi) is 2.63. The minimum Gasteiger partial charge on any atom is -0.347 e. The third-order valence-electron chi connectivity index (χ3n) is 1.86. The number of hydrogen-bond donors (Lipinski definition) is 1. The maximum atomic E-state index is 6.04. The summed E-state index contributed by atoms with van der Waals surface area (Å²) in [6.45, 7) is 1.73. The fourth-order valence-corrected chi connectivity index (χ4v) is 1.55. The Morgan fingerprint density at radius 2 is 2.00 bits per heavy atom. The molecule has 0 fully saturated rings.